The zero-order valence-electron chi connectivity index (χ0n) is 18.2. The van der Waals surface area contributed by atoms with Crippen LogP contribution in [0.4, 0.5) is 13.2 Å². The number of morpholine rings is 1. The van der Waals surface area contributed by atoms with Crippen LogP contribution >= 0.6 is 0 Å². The van der Waals surface area contributed by atoms with Crippen LogP contribution in [-0.4, -0.2) is 70.7 Å². The molecule has 0 unspecified atom stereocenters. The topological polar surface area (TPSA) is 52.4 Å². The number of alkyl halides is 3. The summed E-state index contributed by atoms with van der Waals surface area (Å²) in [5, 5.41) is 0. The first-order valence-electron chi connectivity index (χ1n) is 11.6. The van der Waals surface area contributed by atoms with Crippen molar-refractivity contribution in [2.24, 2.45) is 0 Å². The fourth-order valence-electron chi connectivity index (χ4n) is 6.50. The van der Waals surface area contributed by atoms with Gasteiger partial charge in [0.2, 0.25) is 0 Å². The number of ether oxygens (including phenoxy) is 2. The molecule has 3 saturated carbocycles. The molecule has 2 aromatic heterocycles. The van der Waals surface area contributed by atoms with E-state index in [9.17, 15) is 13.2 Å². The van der Waals surface area contributed by atoms with Gasteiger partial charge in [-0.05, 0) is 25.3 Å². The Morgan fingerprint density at radius 1 is 1.03 bits per heavy atom. The molecule has 4 aliphatic carbocycles. The molecule has 0 spiro atoms. The summed E-state index contributed by atoms with van der Waals surface area (Å²) in [5.41, 5.74) is 1.75. The van der Waals surface area contributed by atoms with Crippen molar-refractivity contribution in [3.63, 3.8) is 0 Å². The molecular weight excluding hydrogens is 433 g/mol. The summed E-state index contributed by atoms with van der Waals surface area (Å²) in [5.74, 6) is 1.23. The Hall–Kier alpha value is -2.23. The lowest BCUT2D eigenvalue weighted by molar-refractivity contribution is -0.221. The summed E-state index contributed by atoms with van der Waals surface area (Å²) in [6, 6.07) is 1.61. The number of hydrogen-bond donors (Lipinski definition) is 0. The van der Waals surface area contributed by atoms with Crippen LogP contribution in [0.1, 0.15) is 42.3 Å². The Morgan fingerprint density at radius 2 is 1.79 bits per heavy atom. The molecule has 2 aromatic rings. The summed E-state index contributed by atoms with van der Waals surface area (Å²) in [6.45, 7) is 4.87. The highest BCUT2D eigenvalue weighted by Crippen LogP contribution is 2.68. The van der Waals surface area contributed by atoms with Gasteiger partial charge in [-0.15, -0.1) is 0 Å². The number of aromatic nitrogens is 3. The quantitative estimate of drug-likeness (QED) is 0.702. The molecule has 0 radical (unpaired) electrons. The van der Waals surface area contributed by atoms with Crippen molar-refractivity contribution in [2.75, 3.05) is 39.5 Å². The number of halogens is 3. The molecule has 0 amide bonds. The van der Waals surface area contributed by atoms with Gasteiger partial charge in [-0.1, -0.05) is 6.08 Å². The lowest BCUT2D eigenvalue weighted by Crippen LogP contribution is -2.79. The van der Waals surface area contributed by atoms with E-state index >= 15 is 0 Å². The first kappa shape index (κ1) is 20.2. The van der Waals surface area contributed by atoms with Crippen molar-refractivity contribution in [3.8, 4) is 11.3 Å². The van der Waals surface area contributed by atoms with Gasteiger partial charge >= 0.3 is 6.18 Å². The minimum Gasteiger partial charge on any atom is -0.380 e. The Bertz CT molecular complexity index is 1140. The molecule has 2 aliphatic heterocycles. The minimum atomic E-state index is -4.38. The highest BCUT2D eigenvalue weighted by molar-refractivity contribution is 5.78. The van der Waals surface area contributed by atoms with Crippen LogP contribution in [0, 0.1) is 0 Å². The zero-order chi connectivity index (χ0) is 22.4. The van der Waals surface area contributed by atoms with Gasteiger partial charge in [-0.3, -0.25) is 9.88 Å². The monoisotopic (exact) mass is 458 g/mol. The van der Waals surface area contributed by atoms with Gasteiger partial charge in [-0.25, -0.2) is 4.98 Å². The number of pyridine rings is 1. The maximum absolute atomic E-state index is 13.5. The van der Waals surface area contributed by atoms with Crippen LogP contribution in [0.2, 0.25) is 0 Å². The van der Waals surface area contributed by atoms with Gasteiger partial charge in [0.1, 0.15) is 5.82 Å². The maximum atomic E-state index is 13.5. The van der Waals surface area contributed by atoms with Gasteiger partial charge < -0.3 is 14.0 Å². The van der Waals surface area contributed by atoms with Crippen LogP contribution in [-0.2, 0) is 21.4 Å². The first-order chi connectivity index (χ1) is 15.9. The van der Waals surface area contributed by atoms with Crippen LogP contribution in [0.25, 0.3) is 16.8 Å². The fourth-order valence-corrected chi connectivity index (χ4v) is 6.50. The van der Waals surface area contributed by atoms with E-state index in [0.717, 1.165) is 51.4 Å². The van der Waals surface area contributed by atoms with Crippen molar-refractivity contribution < 1.29 is 22.6 Å². The summed E-state index contributed by atoms with van der Waals surface area (Å²) in [4.78, 5) is 11.9. The Labute approximate surface area is 189 Å². The van der Waals surface area contributed by atoms with E-state index in [1.54, 1.807) is 12.3 Å². The average Bonchev–Trinajstić information content (AvgIpc) is 3.30. The van der Waals surface area contributed by atoms with Crippen molar-refractivity contribution in [1.29, 1.82) is 0 Å². The number of imidazole rings is 1. The van der Waals surface area contributed by atoms with Crippen molar-refractivity contribution in [1.82, 2.24) is 19.4 Å². The normalized spacial score (nSPS) is 31.4. The molecule has 0 N–H and O–H groups in total. The molecule has 174 valence electrons. The second kappa shape index (κ2) is 6.67. The summed E-state index contributed by atoms with van der Waals surface area (Å²) in [6.07, 6.45) is 4.07. The number of nitrogens with zero attached hydrogens (tertiary/aromatic N) is 4. The van der Waals surface area contributed by atoms with E-state index in [4.69, 9.17) is 14.5 Å². The van der Waals surface area contributed by atoms with Crippen molar-refractivity contribution in [2.45, 2.75) is 48.9 Å². The zero-order valence-corrected chi connectivity index (χ0v) is 18.2. The van der Waals surface area contributed by atoms with E-state index < -0.39 is 11.7 Å². The molecule has 2 bridgehead atoms. The van der Waals surface area contributed by atoms with Crippen LogP contribution in [0.3, 0.4) is 0 Å². The third-order valence-corrected chi connectivity index (χ3v) is 8.26. The fraction of sp³-hybridized carbons (Fsp3) is 0.583. The highest BCUT2D eigenvalue weighted by Gasteiger charge is 2.71. The number of hydrogen-bond acceptors (Lipinski definition) is 5. The average molecular weight is 458 g/mol. The van der Waals surface area contributed by atoms with Crippen LogP contribution in [0.5, 0.6) is 0 Å². The molecular formula is C24H25F3N4O2. The van der Waals surface area contributed by atoms with Gasteiger partial charge in [0.05, 0.1) is 54.8 Å². The SMILES string of the molecule is FC(F)(F)C1=CCc2ncc(-c3cn(C45CC(N6CCOCC6)(C4)C5)c(C4COC4)n3)cc21. The highest BCUT2D eigenvalue weighted by atomic mass is 19.4. The second-order valence-electron chi connectivity index (χ2n) is 10.2. The number of fused-ring (bicyclic) bond motifs is 1. The number of allylic oxidation sites excluding steroid dienone is 2. The van der Waals surface area contributed by atoms with E-state index in [0.29, 0.717) is 30.2 Å². The molecule has 8 rings (SSSR count). The smallest absolute Gasteiger partial charge is 0.380 e. The van der Waals surface area contributed by atoms with Gasteiger partial charge in [-0.2, -0.15) is 13.2 Å². The molecule has 9 heteroatoms. The lowest BCUT2D eigenvalue weighted by atomic mass is 9.43. The summed E-state index contributed by atoms with van der Waals surface area (Å²) in [7, 11) is 0. The molecule has 0 aromatic carbocycles. The van der Waals surface area contributed by atoms with Crippen LogP contribution < -0.4 is 0 Å². The molecule has 6 nitrogen and oxygen atoms in total. The Kier molecular flexibility index (Phi) is 4.08. The molecule has 2 saturated heterocycles. The molecule has 0 atom stereocenters. The maximum Gasteiger partial charge on any atom is 0.416 e. The minimum absolute atomic E-state index is 0.0651. The molecule has 4 heterocycles. The van der Waals surface area contributed by atoms with E-state index in [1.165, 1.54) is 6.08 Å². The van der Waals surface area contributed by atoms with E-state index in [-0.39, 0.29) is 29.0 Å². The van der Waals surface area contributed by atoms with Gasteiger partial charge in [0, 0.05) is 48.6 Å². The summed E-state index contributed by atoms with van der Waals surface area (Å²) < 4.78 is 53.7. The Balaban J connectivity index is 1.21. The first-order valence-corrected chi connectivity index (χ1v) is 11.6. The third kappa shape index (κ3) is 2.85. The predicted octanol–water partition coefficient (Wildman–Crippen LogP) is 3.52. The van der Waals surface area contributed by atoms with Gasteiger partial charge in [0.15, 0.2) is 0 Å². The van der Waals surface area contributed by atoms with E-state index in [1.807, 2.05) is 6.20 Å². The second-order valence-corrected chi connectivity index (χ2v) is 10.2. The van der Waals surface area contributed by atoms with Crippen molar-refractivity contribution >= 4 is 5.57 Å². The van der Waals surface area contributed by atoms with Crippen molar-refractivity contribution in [3.05, 3.63) is 41.6 Å². The van der Waals surface area contributed by atoms with Crippen LogP contribution in [0.15, 0.2) is 24.5 Å². The Morgan fingerprint density at radius 3 is 2.45 bits per heavy atom. The lowest BCUT2D eigenvalue weighted by Gasteiger charge is -2.74. The third-order valence-electron chi connectivity index (χ3n) is 8.26. The standard InChI is InChI=1S/C24H25F3N4O2/c25-24(26,27)18-1-2-19-17(18)7-15(8-28-19)20-9-31(21(29-20)16-10-33-11-16)23-12-22(13-23,14-23)30-3-5-32-6-4-30/h1,7-9,16H,2-6,10-14H2. The summed E-state index contributed by atoms with van der Waals surface area (Å²) >= 11 is 0. The predicted molar refractivity (Wildman–Crippen MR) is 114 cm³/mol. The number of rotatable bonds is 4. The molecule has 33 heavy (non-hydrogen) atoms. The molecule has 5 fully saturated rings. The van der Waals surface area contributed by atoms with Gasteiger partial charge in [0.25, 0.3) is 0 Å². The largest absolute Gasteiger partial charge is 0.416 e. The van der Waals surface area contributed by atoms with E-state index in [2.05, 4.69) is 14.5 Å². The molecule has 6 aliphatic rings.